The number of amides is 3. The van der Waals surface area contributed by atoms with Crippen molar-refractivity contribution >= 4 is 40.5 Å². The minimum atomic E-state index is -0.700. The van der Waals surface area contributed by atoms with Crippen LogP contribution in [0.2, 0.25) is 0 Å². The molecule has 268 valence electrons. The van der Waals surface area contributed by atoms with Gasteiger partial charge in [0.2, 0.25) is 11.8 Å². The predicted octanol–water partition coefficient (Wildman–Crippen LogP) is 7.44. The van der Waals surface area contributed by atoms with E-state index in [9.17, 15) is 19.2 Å². The number of benzene rings is 3. The zero-order valence-corrected chi connectivity index (χ0v) is 29.9. The van der Waals surface area contributed by atoms with Crippen LogP contribution < -0.4 is 15.5 Å². The molecule has 0 aliphatic heterocycles. The average molecular weight is 693 g/mol. The smallest absolute Gasteiger partial charge is 0.416 e. The molecule has 51 heavy (non-hydrogen) atoms. The Hall–Kier alpha value is -5.25. The first kappa shape index (κ1) is 37.0. The van der Waals surface area contributed by atoms with Gasteiger partial charge in [0, 0.05) is 19.2 Å². The van der Waals surface area contributed by atoms with E-state index in [4.69, 9.17) is 9.47 Å². The first-order chi connectivity index (χ1) is 24.4. The van der Waals surface area contributed by atoms with Crippen LogP contribution in [0, 0.1) is 12.8 Å². The Bertz CT molecular complexity index is 1820. The summed E-state index contributed by atoms with van der Waals surface area (Å²) in [6.45, 7) is 7.56. The van der Waals surface area contributed by atoms with Gasteiger partial charge in [-0.3, -0.25) is 19.3 Å². The molecular weight excluding hydrogens is 644 g/mol. The Kier molecular flexibility index (Phi) is 12.4. The number of hydrogen-bond donors (Lipinski definition) is 2. The van der Waals surface area contributed by atoms with E-state index in [0.717, 1.165) is 39.4 Å². The molecule has 0 spiro atoms. The highest BCUT2D eigenvalue weighted by Crippen LogP contribution is 2.32. The summed E-state index contributed by atoms with van der Waals surface area (Å²) in [5, 5.41) is 7.87. The zero-order valence-electron chi connectivity index (χ0n) is 29.9. The van der Waals surface area contributed by atoms with Gasteiger partial charge < -0.3 is 20.1 Å². The van der Waals surface area contributed by atoms with E-state index in [1.165, 1.54) is 17.7 Å². The average Bonchev–Trinajstić information content (AvgIpc) is 3.92. The fourth-order valence-electron chi connectivity index (χ4n) is 5.79. The number of nitrogens with one attached hydrogen (secondary N) is 2. The standard InChI is InChI=1S/C41H48N4O6/c1-28-20-22-42-36(25-28)45(40(49)51-41(2,3)4)23-8-13-37(46)43-27-38(47)44-35(26-39(48)50-24-21-29-14-15-29)32-18-16-31(17-19-32)34-12-7-10-30-9-5-6-11-33(30)34/h5-7,9-12,16-20,22,25,29,35H,8,13-15,21,23-24,26-27H2,1-4H3,(H,43,46)(H,44,47)/t35-/m0/s1. The Morgan fingerprint density at radius 1 is 0.941 bits per heavy atom. The SMILES string of the molecule is Cc1ccnc(N(CCCC(=O)NCC(=O)N[C@@H](CC(=O)OCCC2CC2)c2ccc(-c3cccc4ccccc34)cc2)C(=O)OC(C)(C)C)c1. The van der Waals surface area contributed by atoms with Gasteiger partial charge in [-0.1, -0.05) is 79.6 Å². The summed E-state index contributed by atoms with van der Waals surface area (Å²) in [5.41, 5.74) is 3.09. The van der Waals surface area contributed by atoms with Gasteiger partial charge in [0.15, 0.2) is 0 Å². The molecular formula is C41H48N4O6. The first-order valence-electron chi connectivity index (χ1n) is 17.7. The topological polar surface area (TPSA) is 127 Å². The molecule has 0 radical (unpaired) electrons. The lowest BCUT2D eigenvalue weighted by Gasteiger charge is -2.27. The minimum absolute atomic E-state index is 0.0362. The van der Waals surface area contributed by atoms with E-state index in [1.54, 1.807) is 33.0 Å². The summed E-state index contributed by atoms with van der Waals surface area (Å²) in [5.74, 6) is -0.0938. The second-order valence-electron chi connectivity index (χ2n) is 14.1. The lowest BCUT2D eigenvalue weighted by Crippen LogP contribution is -2.40. The van der Waals surface area contributed by atoms with Crippen molar-refractivity contribution in [3.8, 4) is 11.1 Å². The fraction of sp³-hybridized carbons (Fsp3) is 0.390. The molecule has 1 saturated carbocycles. The minimum Gasteiger partial charge on any atom is -0.466 e. The first-order valence-corrected chi connectivity index (χ1v) is 17.7. The van der Waals surface area contributed by atoms with Crippen molar-refractivity contribution in [1.82, 2.24) is 15.6 Å². The van der Waals surface area contributed by atoms with E-state index in [0.29, 0.717) is 24.8 Å². The third-order valence-electron chi connectivity index (χ3n) is 8.63. The molecule has 1 aliphatic carbocycles. The predicted molar refractivity (Wildman–Crippen MR) is 198 cm³/mol. The van der Waals surface area contributed by atoms with Crippen LogP contribution in [0.5, 0.6) is 0 Å². The van der Waals surface area contributed by atoms with Gasteiger partial charge in [0.1, 0.15) is 11.4 Å². The maximum absolute atomic E-state index is 13.1. The van der Waals surface area contributed by atoms with Gasteiger partial charge in [0.05, 0.1) is 25.6 Å². The summed E-state index contributed by atoms with van der Waals surface area (Å²) < 4.78 is 11.1. The Balaban J connectivity index is 1.18. The number of nitrogens with zero attached hydrogens (tertiary/aromatic N) is 2. The van der Waals surface area contributed by atoms with E-state index in [2.05, 4.69) is 39.9 Å². The third-order valence-corrected chi connectivity index (χ3v) is 8.63. The van der Waals surface area contributed by atoms with Crippen LogP contribution in [0.4, 0.5) is 10.6 Å². The molecule has 4 aromatic rings. The van der Waals surface area contributed by atoms with Crippen molar-refractivity contribution in [1.29, 1.82) is 0 Å². The van der Waals surface area contributed by atoms with Crippen molar-refractivity contribution in [2.45, 2.75) is 77.9 Å². The molecule has 0 bridgehead atoms. The highest BCUT2D eigenvalue weighted by atomic mass is 16.6. The summed E-state index contributed by atoms with van der Waals surface area (Å²) in [7, 11) is 0. The number of esters is 1. The van der Waals surface area contributed by atoms with Gasteiger partial charge in [-0.2, -0.15) is 0 Å². The van der Waals surface area contributed by atoms with Gasteiger partial charge in [-0.15, -0.1) is 0 Å². The van der Waals surface area contributed by atoms with E-state index in [1.807, 2.05) is 55.5 Å². The van der Waals surface area contributed by atoms with Gasteiger partial charge >= 0.3 is 12.1 Å². The lowest BCUT2D eigenvalue weighted by molar-refractivity contribution is -0.144. The number of aryl methyl sites for hydroxylation is 1. The number of rotatable bonds is 15. The molecule has 1 fully saturated rings. The molecule has 1 atom stereocenters. The molecule has 3 aromatic carbocycles. The highest BCUT2D eigenvalue weighted by molar-refractivity contribution is 5.96. The highest BCUT2D eigenvalue weighted by Gasteiger charge is 2.25. The Labute approximate surface area is 299 Å². The summed E-state index contributed by atoms with van der Waals surface area (Å²) in [6, 6.07) is 25.2. The molecule has 2 N–H and O–H groups in total. The maximum atomic E-state index is 13.1. The van der Waals surface area contributed by atoms with Crippen molar-refractivity contribution in [2.24, 2.45) is 5.92 Å². The van der Waals surface area contributed by atoms with Crippen LogP contribution >= 0.6 is 0 Å². The Morgan fingerprint density at radius 2 is 1.69 bits per heavy atom. The number of carbonyl (C=O) groups excluding carboxylic acids is 4. The van der Waals surface area contributed by atoms with Crippen molar-refractivity contribution < 1.29 is 28.7 Å². The number of carbonyl (C=O) groups is 4. The van der Waals surface area contributed by atoms with Crippen LogP contribution in [0.15, 0.2) is 85.1 Å². The summed E-state index contributed by atoms with van der Waals surface area (Å²) >= 11 is 0. The fourth-order valence-corrected chi connectivity index (χ4v) is 5.79. The Morgan fingerprint density at radius 3 is 2.41 bits per heavy atom. The molecule has 10 heteroatoms. The number of aromatic nitrogens is 1. The van der Waals surface area contributed by atoms with Gasteiger partial charge in [-0.05, 0) is 91.6 Å². The second kappa shape index (κ2) is 17.1. The molecule has 3 amide bonds. The van der Waals surface area contributed by atoms with Crippen LogP contribution in [-0.2, 0) is 23.9 Å². The second-order valence-corrected chi connectivity index (χ2v) is 14.1. The largest absolute Gasteiger partial charge is 0.466 e. The summed E-state index contributed by atoms with van der Waals surface area (Å²) in [4.78, 5) is 57.5. The van der Waals surface area contributed by atoms with Crippen LogP contribution in [0.1, 0.15) is 76.5 Å². The zero-order chi connectivity index (χ0) is 36.4. The van der Waals surface area contributed by atoms with E-state index in [-0.39, 0.29) is 37.8 Å². The molecule has 0 saturated heterocycles. The van der Waals surface area contributed by atoms with Crippen LogP contribution in [-0.4, -0.2) is 54.2 Å². The van der Waals surface area contributed by atoms with Crippen molar-refractivity contribution in [2.75, 3.05) is 24.6 Å². The number of ether oxygens (including phenoxy) is 2. The molecule has 5 rings (SSSR count). The number of pyridine rings is 1. The monoisotopic (exact) mass is 692 g/mol. The summed E-state index contributed by atoms with van der Waals surface area (Å²) in [6.07, 6.45) is 4.63. The van der Waals surface area contributed by atoms with Gasteiger partial charge in [0.25, 0.3) is 0 Å². The lowest BCUT2D eigenvalue weighted by atomic mass is 9.95. The number of anilines is 1. The van der Waals surface area contributed by atoms with E-state index >= 15 is 0 Å². The number of fused-ring (bicyclic) bond motifs is 1. The van der Waals surface area contributed by atoms with E-state index < -0.39 is 23.6 Å². The molecule has 1 heterocycles. The van der Waals surface area contributed by atoms with Crippen LogP contribution in [0.3, 0.4) is 0 Å². The molecule has 10 nitrogen and oxygen atoms in total. The van der Waals surface area contributed by atoms with Gasteiger partial charge in [-0.25, -0.2) is 9.78 Å². The molecule has 1 aliphatic rings. The normalized spacial score (nSPS) is 13.3. The maximum Gasteiger partial charge on any atom is 0.416 e. The molecule has 0 unspecified atom stereocenters. The van der Waals surface area contributed by atoms with Crippen LogP contribution in [0.25, 0.3) is 21.9 Å². The van der Waals surface area contributed by atoms with Crippen molar-refractivity contribution in [3.05, 3.63) is 96.2 Å². The molecule has 1 aromatic heterocycles. The quantitative estimate of drug-likeness (QED) is 0.124. The number of hydrogen-bond acceptors (Lipinski definition) is 7. The third kappa shape index (κ3) is 11.4. The van der Waals surface area contributed by atoms with Crippen molar-refractivity contribution in [3.63, 3.8) is 0 Å².